The molecule has 1 aromatic heterocycles. The van der Waals surface area contributed by atoms with Gasteiger partial charge in [-0.15, -0.1) is 0 Å². The van der Waals surface area contributed by atoms with Gasteiger partial charge in [-0.05, 0) is 6.92 Å². The Bertz CT molecular complexity index is 433. The molecule has 0 fully saturated rings. The van der Waals surface area contributed by atoms with Crippen molar-refractivity contribution in [2.24, 2.45) is 0 Å². The highest BCUT2D eigenvalue weighted by Gasteiger charge is 2.02. The number of benzene rings is 1. The van der Waals surface area contributed by atoms with Crippen LogP contribution in [0.2, 0.25) is 0 Å². The van der Waals surface area contributed by atoms with E-state index in [1.807, 2.05) is 31.2 Å². The van der Waals surface area contributed by atoms with Gasteiger partial charge < -0.3 is 5.11 Å². The van der Waals surface area contributed by atoms with E-state index >= 15 is 0 Å². The predicted octanol–water partition coefficient (Wildman–Crippen LogP) is 1.25. The predicted molar refractivity (Wildman–Crippen MR) is 57.3 cm³/mol. The second kappa shape index (κ2) is 4.23. The summed E-state index contributed by atoms with van der Waals surface area (Å²) in [6.07, 6.45) is 1.63. The van der Waals surface area contributed by atoms with Crippen LogP contribution < -0.4 is 0 Å². The fourth-order valence-electron chi connectivity index (χ4n) is 1.34. The highest BCUT2D eigenvalue weighted by molar-refractivity contribution is 5.54. The fourth-order valence-corrected chi connectivity index (χ4v) is 1.34. The Labute approximate surface area is 88.2 Å². The van der Waals surface area contributed by atoms with E-state index in [9.17, 15) is 0 Å². The van der Waals surface area contributed by atoms with Crippen molar-refractivity contribution in [1.29, 1.82) is 0 Å². The van der Waals surface area contributed by atoms with E-state index in [-0.39, 0.29) is 6.61 Å². The molecule has 0 saturated carbocycles. The summed E-state index contributed by atoms with van der Waals surface area (Å²) in [7, 11) is 0. The van der Waals surface area contributed by atoms with Gasteiger partial charge in [-0.2, -0.15) is 5.10 Å². The maximum absolute atomic E-state index is 8.75. The molecule has 0 bridgehead atoms. The van der Waals surface area contributed by atoms with Crippen molar-refractivity contribution >= 4 is 0 Å². The van der Waals surface area contributed by atoms with Crippen molar-refractivity contribution in [1.82, 2.24) is 14.8 Å². The van der Waals surface area contributed by atoms with Crippen LogP contribution in [0.3, 0.4) is 0 Å². The van der Waals surface area contributed by atoms with Crippen molar-refractivity contribution < 1.29 is 5.11 Å². The van der Waals surface area contributed by atoms with Gasteiger partial charge in [0.2, 0.25) is 0 Å². The maximum Gasteiger partial charge on any atom is 0.181 e. The summed E-state index contributed by atoms with van der Waals surface area (Å²) in [4.78, 5) is 4.18. The van der Waals surface area contributed by atoms with Crippen molar-refractivity contribution in [3.8, 4) is 11.4 Å². The number of aryl methyl sites for hydroxylation is 1. The molecule has 0 saturated heterocycles. The highest BCUT2D eigenvalue weighted by Crippen LogP contribution is 2.14. The first-order valence-corrected chi connectivity index (χ1v) is 4.87. The van der Waals surface area contributed by atoms with Gasteiger partial charge in [0.25, 0.3) is 0 Å². The Morgan fingerprint density at radius 2 is 2.00 bits per heavy atom. The fraction of sp³-hybridized carbons (Fsp3) is 0.273. The number of aliphatic hydroxyl groups excluding tert-OH is 1. The van der Waals surface area contributed by atoms with Gasteiger partial charge >= 0.3 is 0 Å². The standard InChI is InChI=1S/C11H13N3O/c1-9-2-4-10(5-3-9)11-12-8-14(13-11)6-7-15/h2-5,8,15H,6-7H2,1H3. The number of hydrogen-bond donors (Lipinski definition) is 1. The highest BCUT2D eigenvalue weighted by atomic mass is 16.3. The van der Waals surface area contributed by atoms with Crippen molar-refractivity contribution in [2.75, 3.05) is 6.61 Å². The number of nitrogens with zero attached hydrogens (tertiary/aromatic N) is 3. The smallest absolute Gasteiger partial charge is 0.181 e. The number of aliphatic hydroxyl groups is 1. The van der Waals surface area contributed by atoms with Crippen LogP contribution in [0, 0.1) is 6.92 Å². The lowest BCUT2D eigenvalue weighted by atomic mass is 10.1. The molecule has 1 N–H and O–H groups in total. The van der Waals surface area contributed by atoms with E-state index in [1.54, 1.807) is 11.0 Å². The molecule has 0 atom stereocenters. The monoisotopic (exact) mass is 203 g/mol. The third-order valence-corrected chi connectivity index (χ3v) is 2.18. The van der Waals surface area contributed by atoms with Gasteiger partial charge in [0.1, 0.15) is 6.33 Å². The Balaban J connectivity index is 2.25. The molecule has 0 aliphatic carbocycles. The molecule has 78 valence electrons. The Kier molecular flexibility index (Phi) is 2.78. The molecule has 2 rings (SSSR count). The van der Waals surface area contributed by atoms with E-state index < -0.39 is 0 Å². The van der Waals surface area contributed by atoms with Crippen LogP contribution >= 0.6 is 0 Å². The lowest BCUT2D eigenvalue weighted by Crippen LogP contribution is -2.02. The zero-order valence-electron chi connectivity index (χ0n) is 8.59. The Morgan fingerprint density at radius 1 is 1.27 bits per heavy atom. The van der Waals surface area contributed by atoms with E-state index in [0.29, 0.717) is 12.4 Å². The third-order valence-electron chi connectivity index (χ3n) is 2.18. The molecule has 2 aromatic rings. The average molecular weight is 203 g/mol. The molecule has 0 radical (unpaired) electrons. The minimum atomic E-state index is 0.0801. The van der Waals surface area contributed by atoms with E-state index in [4.69, 9.17) is 5.11 Å². The van der Waals surface area contributed by atoms with Crippen LogP contribution in [-0.4, -0.2) is 26.5 Å². The number of rotatable bonds is 3. The van der Waals surface area contributed by atoms with Gasteiger partial charge in [0.15, 0.2) is 5.82 Å². The van der Waals surface area contributed by atoms with Gasteiger partial charge in [0, 0.05) is 5.56 Å². The minimum absolute atomic E-state index is 0.0801. The topological polar surface area (TPSA) is 50.9 Å². The summed E-state index contributed by atoms with van der Waals surface area (Å²) in [5.74, 6) is 0.698. The lowest BCUT2D eigenvalue weighted by Gasteiger charge is -1.96. The van der Waals surface area contributed by atoms with Crippen molar-refractivity contribution in [3.63, 3.8) is 0 Å². The first-order chi connectivity index (χ1) is 7.29. The molecule has 4 heteroatoms. The SMILES string of the molecule is Cc1ccc(-c2ncn(CCO)n2)cc1. The summed E-state index contributed by atoms with van der Waals surface area (Å²) in [6, 6.07) is 8.05. The lowest BCUT2D eigenvalue weighted by molar-refractivity contribution is 0.269. The molecule has 0 aliphatic rings. The van der Waals surface area contributed by atoms with Gasteiger partial charge in [-0.25, -0.2) is 4.98 Å². The third kappa shape index (κ3) is 2.22. The van der Waals surface area contributed by atoms with Crippen LogP contribution in [0.1, 0.15) is 5.56 Å². The molecule has 1 aromatic carbocycles. The Morgan fingerprint density at radius 3 is 2.67 bits per heavy atom. The zero-order valence-corrected chi connectivity index (χ0v) is 8.59. The maximum atomic E-state index is 8.75. The first-order valence-electron chi connectivity index (χ1n) is 4.87. The van der Waals surface area contributed by atoms with Crippen LogP contribution in [0.5, 0.6) is 0 Å². The Hall–Kier alpha value is -1.68. The molecule has 0 amide bonds. The van der Waals surface area contributed by atoms with Gasteiger partial charge in [0.05, 0.1) is 13.2 Å². The molecule has 0 spiro atoms. The van der Waals surface area contributed by atoms with E-state index in [0.717, 1.165) is 5.56 Å². The second-order valence-corrected chi connectivity index (χ2v) is 3.42. The minimum Gasteiger partial charge on any atom is -0.394 e. The largest absolute Gasteiger partial charge is 0.394 e. The van der Waals surface area contributed by atoms with Gasteiger partial charge in [-0.1, -0.05) is 29.8 Å². The summed E-state index contributed by atoms with van der Waals surface area (Å²) < 4.78 is 1.63. The molecular formula is C11H13N3O. The summed E-state index contributed by atoms with van der Waals surface area (Å²) >= 11 is 0. The molecule has 0 unspecified atom stereocenters. The summed E-state index contributed by atoms with van der Waals surface area (Å²) in [5, 5.41) is 13.0. The first kappa shape index (κ1) is 9.86. The normalized spacial score (nSPS) is 10.5. The number of aromatic nitrogens is 3. The van der Waals surface area contributed by atoms with Crippen LogP contribution in [0.4, 0.5) is 0 Å². The van der Waals surface area contributed by atoms with E-state index in [2.05, 4.69) is 10.1 Å². The molecule has 1 heterocycles. The van der Waals surface area contributed by atoms with Crippen molar-refractivity contribution in [3.05, 3.63) is 36.2 Å². The molecular weight excluding hydrogens is 190 g/mol. The van der Waals surface area contributed by atoms with Gasteiger partial charge in [-0.3, -0.25) is 4.68 Å². The van der Waals surface area contributed by atoms with E-state index in [1.165, 1.54) is 5.56 Å². The quantitative estimate of drug-likeness (QED) is 0.816. The van der Waals surface area contributed by atoms with Crippen LogP contribution in [0.25, 0.3) is 11.4 Å². The average Bonchev–Trinajstić information content (AvgIpc) is 2.68. The number of hydrogen-bond acceptors (Lipinski definition) is 3. The molecule has 15 heavy (non-hydrogen) atoms. The van der Waals surface area contributed by atoms with Crippen LogP contribution in [0.15, 0.2) is 30.6 Å². The molecule has 0 aliphatic heterocycles. The second-order valence-electron chi connectivity index (χ2n) is 3.42. The van der Waals surface area contributed by atoms with Crippen molar-refractivity contribution in [2.45, 2.75) is 13.5 Å². The summed E-state index contributed by atoms with van der Waals surface area (Å²) in [5.41, 5.74) is 2.21. The van der Waals surface area contributed by atoms with Crippen LogP contribution in [-0.2, 0) is 6.54 Å². The summed E-state index contributed by atoms with van der Waals surface area (Å²) in [6.45, 7) is 2.61. The zero-order chi connectivity index (χ0) is 10.7. The molecule has 4 nitrogen and oxygen atoms in total.